The largest absolute Gasteiger partial charge is 0.396 e. The molecule has 0 heterocycles. The van der Waals surface area contributed by atoms with Gasteiger partial charge in [0, 0.05) is 25.7 Å². The van der Waals surface area contributed by atoms with Gasteiger partial charge in [0.15, 0.2) is 0 Å². The highest BCUT2D eigenvalue weighted by Gasteiger charge is 2.28. The first-order valence-electron chi connectivity index (χ1n) is 5.13. The van der Waals surface area contributed by atoms with Gasteiger partial charge in [0.1, 0.15) is 6.10 Å². The molecule has 0 radical (unpaired) electrons. The minimum absolute atomic E-state index is 0.0853. The van der Waals surface area contributed by atoms with Crippen LogP contribution in [0.1, 0.15) is 26.2 Å². The minimum atomic E-state index is -0.407. The lowest BCUT2D eigenvalue weighted by molar-refractivity contribution is -0.131. The highest BCUT2D eigenvalue weighted by molar-refractivity contribution is 5.80. The Labute approximate surface area is 84.6 Å². The van der Waals surface area contributed by atoms with Crippen molar-refractivity contribution in [3.05, 3.63) is 0 Å². The molecule has 1 saturated carbocycles. The summed E-state index contributed by atoms with van der Waals surface area (Å²) in [6, 6.07) is 0.130. The van der Waals surface area contributed by atoms with Gasteiger partial charge in [-0.05, 0) is 19.8 Å². The Balaban J connectivity index is 2.39. The lowest BCUT2D eigenvalue weighted by Gasteiger charge is -2.20. The Hall–Kier alpha value is -0.610. The van der Waals surface area contributed by atoms with Gasteiger partial charge in [0.05, 0.1) is 0 Å². The number of aliphatic hydroxyl groups is 1. The van der Waals surface area contributed by atoms with Crippen LogP contribution in [0.4, 0.5) is 0 Å². The van der Waals surface area contributed by atoms with E-state index in [2.05, 4.69) is 5.32 Å². The van der Waals surface area contributed by atoms with Crippen LogP contribution in [0.25, 0.3) is 0 Å². The van der Waals surface area contributed by atoms with Crippen molar-refractivity contribution in [2.75, 3.05) is 13.7 Å². The molecule has 4 nitrogen and oxygen atoms in total. The summed E-state index contributed by atoms with van der Waals surface area (Å²) in [5.41, 5.74) is 0. The fourth-order valence-corrected chi connectivity index (χ4v) is 1.85. The van der Waals surface area contributed by atoms with Gasteiger partial charge in [-0.25, -0.2) is 0 Å². The first-order valence-corrected chi connectivity index (χ1v) is 5.13. The van der Waals surface area contributed by atoms with Crippen LogP contribution >= 0.6 is 0 Å². The number of hydrogen-bond donors (Lipinski definition) is 2. The Bertz CT molecular complexity index is 196. The zero-order chi connectivity index (χ0) is 10.6. The number of aliphatic hydroxyl groups excluding tert-OH is 1. The van der Waals surface area contributed by atoms with E-state index in [9.17, 15) is 4.79 Å². The molecule has 0 aromatic carbocycles. The van der Waals surface area contributed by atoms with Crippen molar-refractivity contribution < 1.29 is 14.6 Å². The van der Waals surface area contributed by atoms with E-state index in [1.165, 1.54) is 7.11 Å². The molecular weight excluding hydrogens is 182 g/mol. The molecule has 1 aliphatic rings. The standard InChI is InChI=1S/C10H19NO3/c1-7(14-2)10(13)11-9-5-3-4-8(9)6-12/h7-9,12H,3-6H2,1-2H3,(H,11,13). The second-order valence-electron chi connectivity index (χ2n) is 3.87. The predicted molar refractivity (Wildman–Crippen MR) is 52.8 cm³/mol. The monoisotopic (exact) mass is 201 g/mol. The van der Waals surface area contributed by atoms with E-state index >= 15 is 0 Å². The van der Waals surface area contributed by atoms with Gasteiger partial charge >= 0.3 is 0 Å². The van der Waals surface area contributed by atoms with Gasteiger partial charge in [0.25, 0.3) is 0 Å². The van der Waals surface area contributed by atoms with Crippen LogP contribution in [-0.4, -0.2) is 36.9 Å². The van der Waals surface area contributed by atoms with Gasteiger partial charge < -0.3 is 15.2 Å². The van der Waals surface area contributed by atoms with Crippen LogP contribution in [0.15, 0.2) is 0 Å². The smallest absolute Gasteiger partial charge is 0.249 e. The minimum Gasteiger partial charge on any atom is -0.396 e. The number of carbonyl (C=O) groups is 1. The van der Waals surface area contributed by atoms with Crippen LogP contribution in [0.2, 0.25) is 0 Å². The van der Waals surface area contributed by atoms with Gasteiger partial charge in [-0.1, -0.05) is 6.42 Å². The molecule has 0 aromatic heterocycles. The van der Waals surface area contributed by atoms with Gasteiger partial charge in [-0.2, -0.15) is 0 Å². The van der Waals surface area contributed by atoms with Crippen LogP contribution in [0, 0.1) is 5.92 Å². The van der Waals surface area contributed by atoms with E-state index < -0.39 is 6.10 Å². The van der Waals surface area contributed by atoms with Crippen LogP contribution < -0.4 is 5.32 Å². The molecule has 1 amide bonds. The zero-order valence-electron chi connectivity index (χ0n) is 8.82. The summed E-state index contributed by atoms with van der Waals surface area (Å²) in [5.74, 6) is 0.140. The first kappa shape index (κ1) is 11.5. The molecule has 0 saturated heterocycles. The second kappa shape index (κ2) is 5.32. The zero-order valence-corrected chi connectivity index (χ0v) is 8.82. The molecule has 0 spiro atoms. The van der Waals surface area contributed by atoms with E-state index in [1.54, 1.807) is 6.92 Å². The van der Waals surface area contributed by atoms with Crippen molar-refractivity contribution in [3.8, 4) is 0 Å². The van der Waals surface area contributed by atoms with Crippen molar-refractivity contribution in [3.63, 3.8) is 0 Å². The first-order chi connectivity index (χ1) is 6.69. The van der Waals surface area contributed by atoms with Crippen LogP contribution in [-0.2, 0) is 9.53 Å². The number of methoxy groups -OCH3 is 1. The van der Waals surface area contributed by atoms with Gasteiger partial charge in [0.2, 0.25) is 5.91 Å². The van der Waals surface area contributed by atoms with Gasteiger partial charge in [-0.3, -0.25) is 4.79 Å². The fraction of sp³-hybridized carbons (Fsp3) is 0.900. The summed E-state index contributed by atoms with van der Waals surface area (Å²) >= 11 is 0. The molecule has 0 bridgehead atoms. The second-order valence-corrected chi connectivity index (χ2v) is 3.87. The molecule has 1 aliphatic carbocycles. The quantitative estimate of drug-likeness (QED) is 0.687. The molecule has 0 aliphatic heterocycles. The molecule has 0 aromatic rings. The van der Waals surface area contributed by atoms with E-state index in [-0.39, 0.29) is 24.5 Å². The average Bonchev–Trinajstić information content (AvgIpc) is 2.63. The average molecular weight is 201 g/mol. The molecular formula is C10H19NO3. The summed E-state index contributed by atoms with van der Waals surface area (Å²) in [4.78, 5) is 11.5. The number of hydrogen-bond acceptors (Lipinski definition) is 3. The Kier molecular flexibility index (Phi) is 4.35. The third-order valence-corrected chi connectivity index (χ3v) is 2.94. The maximum absolute atomic E-state index is 11.5. The maximum atomic E-state index is 11.5. The van der Waals surface area contributed by atoms with E-state index in [1.807, 2.05) is 0 Å². The maximum Gasteiger partial charge on any atom is 0.249 e. The third kappa shape index (κ3) is 2.69. The van der Waals surface area contributed by atoms with Crippen molar-refractivity contribution in [1.82, 2.24) is 5.32 Å². The molecule has 1 fully saturated rings. The van der Waals surface area contributed by atoms with Crippen molar-refractivity contribution in [2.24, 2.45) is 5.92 Å². The van der Waals surface area contributed by atoms with Crippen molar-refractivity contribution >= 4 is 5.91 Å². The highest BCUT2D eigenvalue weighted by Crippen LogP contribution is 2.25. The highest BCUT2D eigenvalue weighted by atomic mass is 16.5. The van der Waals surface area contributed by atoms with Crippen LogP contribution in [0.3, 0.4) is 0 Å². The van der Waals surface area contributed by atoms with Gasteiger partial charge in [-0.15, -0.1) is 0 Å². The number of nitrogens with one attached hydrogen (secondary N) is 1. The Morgan fingerprint density at radius 1 is 1.64 bits per heavy atom. The third-order valence-electron chi connectivity index (χ3n) is 2.94. The molecule has 14 heavy (non-hydrogen) atoms. The lowest BCUT2D eigenvalue weighted by Crippen LogP contribution is -2.43. The molecule has 4 heteroatoms. The SMILES string of the molecule is COC(C)C(=O)NC1CCCC1CO. The Morgan fingerprint density at radius 2 is 2.36 bits per heavy atom. The van der Waals surface area contributed by atoms with Crippen molar-refractivity contribution in [1.29, 1.82) is 0 Å². The number of rotatable bonds is 4. The summed E-state index contributed by atoms with van der Waals surface area (Å²) in [6.07, 6.45) is 2.64. The summed E-state index contributed by atoms with van der Waals surface area (Å²) in [5, 5.41) is 12.0. The number of ether oxygens (including phenoxy) is 1. The topological polar surface area (TPSA) is 58.6 Å². The summed E-state index contributed by atoms with van der Waals surface area (Å²) < 4.78 is 4.92. The van der Waals surface area contributed by atoms with E-state index in [0.29, 0.717) is 0 Å². The molecule has 82 valence electrons. The molecule has 2 N–H and O–H groups in total. The summed E-state index contributed by atoms with van der Waals surface area (Å²) in [6.45, 7) is 1.88. The molecule has 1 rings (SSSR count). The normalized spacial score (nSPS) is 28.8. The fourth-order valence-electron chi connectivity index (χ4n) is 1.85. The van der Waals surface area contributed by atoms with E-state index in [4.69, 9.17) is 9.84 Å². The predicted octanol–water partition coefficient (Wildman–Crippen LogP) is 0.298. The molecule has 3 atom stereocenters. The number of carbonyl (C=O) groups excluding carboxylic acids is 1. The number of amides is 1. The lowest BCUT2D eigenvalue weighted by atomic mass is 10.1. The summed E-state index contributed by atoms with van der Waals surface area (Å²) in [7, 11) is 1.52. The molecule has 3 unspecified atom stereocenters. The van der Waals surface area contributed by atoms with Crippen LogP contribution in [0.5, 0.6) is 0 Å². The Morgan fingerprint density at radius 3 is 2.93 bits per heavy atom. The van der Waals surface area contributed by atoms with Crippen molar-refractivity contribution in [2.45, 2.75) is 38.3 Å². The van der Waals surface area contributed by atoms with E-state index in [0.717, 1.165) is 19.3 Å².